The summed E-state index contributed by atoms with van der Waals surface area (Å²) in [5.41, 5.74) is 1.90. The van der Waals surface area contributed by atoms with E-state index in [9.17, 15) is 0 Å². The van der Waals surface area contributed by atoms with Gasteiger partial charge >= 0.3 is 41.2 Å². The van der Waals surface area contributed by atoms with E-state index in [0.29, 0.717) is 0 Å². The number of aliphatic imine (C=N–C) groups is 2. The molecule has 2 aliphatic rings. The van der Waals surface area contributed by atoms with Crippen LogP contribution in [-0.2, 0) is 41.5 Å². The average Bonchev–Trinajstić information content (AvgIpc) is 1.26. The van der Waals surface area contributed by atoms with Crippen LogP contribution in [0.1, 0.15) is 12.8 Å². The molecule has 15 aromatic rings. The first-order valence-corrected chi connectivity index (χ1v) is 49.1. The molecule has 0 atom stereocenters. The monoisotopic (exact) mass is 1780 g/mol. The summed E-state index contributed by atoms with van der Waals surface area (Å²) >= 11 is 20.6. The summed E-state index contributed by atoms with van der Waals surface area (Å²) in [5, 5.41) is 17.4. The quantitative estimate of drug-likeness (QED) is 0.0380. The summed E-state index contributed by atoms with van der Waals surface area (Å²) < 4.78 is 4.94. The van der Waals surface area contributed by atoms with Gasteiger partial charge in [-0.25, -0.2) is 9.97 Å². The van der Waals surface area contributed by atoms with E-state index in [2.05, 4.69) is 410 Å². The summed E-state index contributed by atoms with van der Waals surface area (Å²) in [6.07, 6.45) is 8.11. The largest absolute Gasteiger partial charge is 0.184 e. The van der Waals surface area contributed by atoms with Gasteiger partial charge in [0.2, 0.25) is 10.6 Å². The topological polar surface area (TPSA) is 59.7 Å². The van der Waals surface area contributed by atoms with Crippen LogP contribution in [0.25, 0.3) is 11.3 Å². The molecule has 1 fully saturated rings. The first-order valence-electron chi connectivity index (χ1n) is 35.6. The molecular weight excluding hydrogens is 1710 g/mol. The fraction of sp³-hybridized carbons (Fsp3) is 0.0417. The van der Waals surface area contributed by atoms with E-state index in [1.54, 1.807) is 6.20 Å². The average molecular weight is 1790 g/mol. The maximum atomic E-state index is 5.67. The number of halogens is 4. The number of rotatable bonds is 13. The molecule has 0 N–H and O–H groups in total. The van der Waals surface area contributed by atoms with Gasteiger partial charge in [0.1, 0.15) is 0 Å². The van der Waals surface area contributed by atoms with Crippen LogP contribution in [0, 0.1) is 12.1 Å². The molecular formula is C96H81BrCl3N4OP4PdZn+. The Labute approximate surface area is 706 Å². The molecule has 0 spiro atoms. The fourth-order valence-corrected chi connectivity index (χ4v) is 20.6. The minimum atomic E-state index is -0.446. The van der Waals surface area contributed by atoms with Gasteiger partial charge in [-0.15, -0.1) is 0 Å². The molecule has 2 aliphatic heterocycles. The first-order chi connectivity index (χ1) is 54.4. The third kappa shape index (κ3) is 31.5. The summed E-state index contributed by atoms with van der Waals surface area (Å²) in [4.78, 5) is 15.0. The van der Waals surface area contributed by atoms with Crippen molar-refractivity contribution in [3.63, 3.8) is 0 Å². The molecule has 0 amide bonds. The van der Waals surface area contributed by atoms with Crippen molar-refractivity contribution in [3.05, 3.63) is 461 Å². The summed E-state index contributed by atoms with van der Waals surface area (Å²) in [5.74, 6) is 0. The molecule has 0 aliphatic carbocycles. The SMILES string of the molecule is C1CCOC1.ClC1=NC(Cl)=NC=[C+]1.Clc1nccc(-c2ccccc2)n1.[Pd].[Zn+][Br].[c-]1ccccc1.c1ccc(P(c2ccccc2)c2ccccc2)cc1.c1ccc(P(c2ccccc2)c2ccccc2)cc1.c1ccc(P(c2ccccc2)c2ccccc2)cc1.c1ccc(P(c2ccccc2)c2ccccc2)cc1. The second-order valence-electron chi connectivity index (χ2n) is 23.4. The molecule has 15 heteroatoms. The summed E-state index contributed by atoms with van der Waals surface area (Å²) in [6, 6.07) is 153. The number of allylic oxidation sites excluding steroid dienone is 1. The number of hydrogen-bond acceptors (Lipinski definition) is 5. The van der Waals surface area contributed by atoms with Crippen molar-refractivity contribution in [2.24, 2.45) is 9.98 Å². The van der Waals surface area contributed by atoms with Crippen LogP contribution in [0.5, 0.6) is 0 Å². The van der Waals surface area contributed by atoms with Crippen molar-refractivity contribution in [1.29, 1.82) is 0 Å². The zero-order chi connectivity index (χ0) is 76.5. The molecule has 5 nitrogen and oxygen atoms in total. The molecule has 17 rings (SSSR count). The Hall–Kier alpha value is -8.53. The molecule has 1 saturated heterocycles. The van der Waals surface area contributed by atoms with Gasteiger partial charge in [-0.3, -0.25) is 0 Å². The predicted molar refractivity (Wildman–Crippen MR) is 482 cm³/mol. The molecule has 0 bridgehead atoms. The third-order valence-corrected chi connectivity index (χ3v) is 26.2. The van der Waals surface area contributed by atoms with Crippen molar-refractivity contribution in [2.75, 3.05) is 13.2 Å². The van der Waals surface area contributed by atoms with Crippen LogP contribution in [0.3, 0.4) is 0 Å². The van der Waals surface area contributed by atoms with Crippen molar-refractivity contribution < 1.29 is 41.5 Å². The molecule has 14 aromatic carbocycles. The Morgan fingerprint density at radius 2 is 0.541 bits per heavy atom. The van der Waals surface area contributed by atoms with Gasteiger partial charge in [-0.2, -0.15) is 46.4 Å². The Bertz CT molecular complexity index is 4090. The van der Waals surface area contributed by atoms with Crippen LogP contribution in [-0.4, -0.2) is 33.6 Å². The van der Waals surface area contributed by atoms with E-state index >= 15 is 0 Å². The van der Waals surface area contributed by atoms with Crippen LogP contribution >= 0.6 is 80.1 Å². The van der Waals surface area contributed by atoms with Gasteiger partial charge in [0.25, 0.3) is 6.20 Å². The van der Waals surface area contributed by atoms with Gasteiger partial charge < -0.3 is 4.74 Å². The van der Waals surface area contributed by atoms with Crippen molar-refractivity contribution >= 4 is 154 Å². The molecule has 550 valence electrons. The maximum absolute atomic E-state index is 5.67. The maximum Gasteiger partial charge on any atom is -0.0134 e. The molecule has 0 saturated carbocycles. The molecule has 0 unspecified atom stereocenters. The van der Waals surface area contributed by atoms with Crippen LogP contribution < -0.4 is 63.7 Å². The van der Waals surface area contributed by atoms with Crippen LogP contribution in [0.4, 0.5) is 0 Å². The van der Waals surface area contributed by atoms with E-state index < -0.39 is 31.7 Å². The standard InChI is InChI=1S/4C18H15P.C10H7ClN2.C6H5.C4HCl2N2.C4H8O.BrH.Pd.Zn/c4*1-4-10-16(11-5-1)19(17-12-6-2-7-13-17)18-14-8-3-9-15-18;11-10-12-7-6-9(13-10)8-4-2-1-3-5-8;1-2-4-6-5-3-1;5-3-1-2-7-4(6)8-3;1-2-4-5-3-1;;;/h4*1-15H;1-7H;1-5H;2H;1-4H2;1H;;/q;;;;;-1;+1;;;;+2/p-1. The van der Waals surface area contributed by atoms with Crippen molar-refractivity contribution in [3.8, 4) is 11.3 Å². The van der Waals surface area contributed by atoms with Gasteiger partial charge in [-0.1, -0.05) is 394 Å². The minimum absolute atomic E-state index is 0. The van der Waals surface area contributed by atoms with Gasteiger partial charge in [0, 0.05) is 45.4 Å². The zero-order valence-electron chi connectivity index (χ0n) is 61.0. The van der Waals surface area contributed by atoms with E-state index in [1.807, 2.05) is 66.7 Å². The summed E-state index contributed by atoms with van der Waals surface area (Å²) in [6.45, 7) is 2.00. The number of benzene rings is 14. The van der Waals surface area contributed by atoms with E-state index in [-0.39, 0.29) is 36.2 Å². The van der Waals surface area contributed by atoms with Gasteiger partial charge in [0.15, 0.2) is 0 Å². The minimum Gasteiger partial charge on any atom is -0.184 e. The third-order valence-electron chi connectivity index (χ3n) is 15.8. The van der Waals surface area contributed by atoms with Crippen LogP contribution in [0.15, 0.2) is 453 Å². The Balaban J connectivity index is 0.000000164. The molecule has 111 heavy (non-hydrogen) atoms. The predicted octanol–water partition coefficient (Wildman–Crippen LogP) is 21.2. The van der Waals surface area contributed by atoms with Crippen molar-refractivity contribution in [1.82, 2.24) is 9.97 Å². The van der Waals surface area contributed by atoms with E-state index in [4.69, 9.17) is 39.5 Å². The normalized spacial score (nSPS) is 11.2. The Morgan fingerprint density at radius 3 is 0.703 bits per heavy atom. The molecule has 1 aromatic heterocycles. The van der Waals surface area contributed by atoms with Gasteiger partial charge in [-0.05, 0) is 149 Å². The number of aromatic nitrogens is 2. The number of amidine groups is 1. The second kappa shape index (κ2) is 53.4. The first kappa shape index (κ1) is 88.0. The van der Waals surface area contributed by atoms with Crippen LogP contribution in [0.2, 0.25) is 5.28 Å². The summed E-state index contributed by atoms with van der Waals surface area (Å²) in [7, 11) is -1.78. The Morgan fingerprint density at radius 1 is 0.315 bits per heavy atom. The number of ether oxygens (including phenoxy) is 1. The zero-order valence-corrected chi connectivity index (χ0v) is 72.9. The number of nitrogens with zero attached hydrogens (tertiary/aromatic N) is 4. The smallest absolute Gasteiger partial charge is 0.0134 e. The van der Waals surface area contributed by atoms with E-state index in [0.717, 1.165) is 24.5 Å². The molecule has 0 radical (unpaired) electrons. The second-order valence-corrected chi connectivity index (χ2v) is 33.3. The van der Waals surface area contributed by atoms with E-state index in [1.165, 1.54) is 99.0 Å². The van der Waals surface area contributed by atoms with Crippen molar-refractivity contribution in [2.45, 2.75) is 12.8 Å². The van der Waals surface area contributed by atoms with Gasteiger partial charge in [0.05, 0.1) is 5.69 Å². The Kier molecular flexibility index (Phi) is 42.4. The molecule has 3 heterocycles. The fourth-order valence-electron chi connectivity index (χ4n) is 11.0. The number of hydrogen-bond donors (Lipinski definition) is 0.